The molecular weight excluding hydrogens is 286 g/mol. The second-order valence-corrected chi connectivity index (χ2v) is 5.62. The predicted octanol–water partition coefficient (Wildman–Crippen LogP) is 3.23. The van der Waals surface area contributed by atoms with E-state index in [1.807, 2.05) is 79.7 Å². The van der Waals surface area contributed by atoms with Crippen molar-refractivity contribution in [1.29, 1.82) is 0 Å². The Morgan fingerprint density at radius 1 is 1.00 bits per heavy atom. The van der Waals surface area contributed by atoms with Crippen molar-refractivity contribution < 1.29 is 4.79 Å². The number of pyridine rings is 1. The lowest BCUT2D eigenvalue weighted by molar-refractivity contribution is 0.0950. The number of nitrogens with zero attached hydrogens (tertiary/aromatic N) is 2. The van der Waals surface area contributed by atoms with E-state index in [4.69, 9.17) is 0 Å². The Labute approximate surface area is 135 Å². The summed E-state index contributed by atoms with van der Waals surface area (Å²) in [5.41, 5.74) is 3.51. The second-order valence-electron chi connectivity index (χ2n) is 5.62. The molecule has 1 N–H and O–H groups in total. The maximum absolute atomic E-state index is 12.2. The number of aromatic nitrogens is 1. The molecule has 116 valence electrons. The molecular formula is C19H19N3O. The Morgan fingerprint density at radius 3 is 2.48 bits per heavy atom. The molecule has 0 saturated carbocycles. The summed E-state index contributed by atoms with van der Waals surface area (Å²) in [6.07, 6.45) is 0. The molecule has 0 bridgehead atoms. The number of nitrogens with one attached hydrogen (secondary N) is 1. The van der Waals surface area contributed by atoms with Crippen molar-refractivity contribution in [1.82, 2.24) is 10.3 Å². The van der Waals surface area contributed by atoms with Gasteiger partial charge in [-0.05, 0) is 36.4 Å². The average molecular weight is 305 g/mol. The summed E-state index contributed by atoms with van der Waals surface area (Å²) in [5, 5.41) is 4.01. The van der Waals surface area contributed by atoms with E-state index < -0.39 is 0 Å². The summed E-state index contributed by atoms with van der Waals surface area (Å²) < 4.78 is 0. The van der Waals surface area contributed by atoms with Crippen LogP contribution in [0.25, 0.3) is 10.9 Å². The van der Waals surface area contributed by atoms with Crippen molar-refractivity contribution in [3.63, 3.8) is 0 Å². The van der Waals surface area contributed by atoms with Gasteiger partial charge in [-0.1, -0.05) is 24.3 Å². The van der Waals surface area contributed by atoms with Crippen molar-refractivity contribution in [2.45, 2.75) is 6.54 Å². The third kappa shape index (κ3) is 3.48. The molecule has 23 heavy (non-hydrogen) atoms. The molecule has 0 aliphatic rings. The van der Waals surface area contributed by atoms with E-state index in [9.17, 15) is 4.79 Å². The van der Waals surface area contributed by atoms with Crippen molar-refractivity contribution in [2.75, 3.05) is 19.0 Å². The van der Waals surface area contributed by atoms with Gasteiger partial charge in [0, 0.05) is 30.7 Å². The molecule has 0 fully saturated rings. The smallest absolute Gasteiger partial charge is 0.251 e. The number of para-hydroxylation sites is 1. The molecule has 0 aliphatic carbocycles. The number of amides is 1. The highest BCUT2D eigenvalue weighted by Crippen LogP contribution is 2.13. The van der Waals surface area contributed by atoms with Crippen LogP contribution >= 0.6 is 0 Å². The molecule has 1 amide bonds. The molecule has 2 aromatic carbocycles. The van der Waals surface area contributed by atoms with Crippen molar-refractivity contribution in [3.8, 4) is 0 Å². The predicted molar refractivity (Wildman–Crippen MR) is 93.7 cm³/mol. The van der Waals surface area contributed by atoms with Gasteiger partial charge in [-0.2, -0.15) is 0 Å². The minimum Gasteiger partial charge on any atom is -0.378 e. The summed E-state index contributed by atoms with van der Waals surface area (Å²) in [6.45, 7) is 0.416. The van der Waals surface area contributed by atoms with Gasteiger partial charge in [0.05, 0.1) is 17.8 Å². The first-order valence-electron chi connectivity index (χ1n) is 7.54. The standard InChI is InChI=1S/C19H19N3O/c1-22(2)17-11-8-15(9-12-17)19(23)20-13-16-10-7-14-5-3-4-6-18(14)21-16/h3-12H,13H2,1-2H3,(H,20,23). The highest BCUT2D eigenvalue weighted by atomic mass is 16.1. The highest BCUT2D eigenvalue weighted by molar-refractivity contribution is 5.94. The normalized spacial score (nSPS) is 10.5. The molecule has 0 atom stereocenters. The van der Waals surface area contributed by atoms with Gasteiger partial charge >= 0.3 is 0 Å². The fourth-order valence-corrected chi connectivity index (χ4v) is 2.39. The van der Waals surface area contributed by atoms with Crippen molar-refractivity contribution in [2.24, 2.45) is 0 Å². The zero-order valence-corrected chi connectivity index (χ0v) is 13.3. The van der Waals surface area contributed by atoms with Crippen LogP contribution in [0.3, 0.4) is 0 Å². The van der Waals surface area contributed by atoms with E-state index in [0.717, 1.165) is 22.3 Å². The maximum atomic E-state index is 12.2. The van der Waals surface area contributed by atoms with Gasteiger partial charge in [0.2, 0.25) is 0 Å². The lowest BCUT2D eigenvalue weighted by atomic mass is 10.2. The number of rotatable bonds is 4. The fourth-order valence-electron chi connectivity index (χ4n) is 2.39. The van der Waals surface area contributed by atoms with E-state index in [2.05, 4.69) is 10.3 Å². The number of benzene rings is 2. The van der Waals surface area contributed by atoms with Gasteiger partial charge in [-0.25, -0.2) is 0 Å². The molecule has 4 nitrogen and oxygen atoms in total. The molecule has 3 rings (SSSR count). The third-order valence-corrected chi connectivity index (χ3v) is 3.73. The van der Waals surface area contributed by atoms with Gasteiger partial charge in [0.15, 0.2) is 0 Å². The van der Waals surface area contributed by atoms with Gasteiger partial charge in [0.25, 0.3) is 5.91 Å². The van der Waals surface area contributed by atoms with Crippen LogP contribution in [0.5, 0.6) is 0 Å². The lowest BCUT2D eigenvalue weighted by Gasteiger charge is -2.12. The maximum Gasteiger partial charge on any atom is 0.251 e. The molecule has 1 heterocycles. The van der Waals surface area contributed by atoms with Gasteiger partial charge in [-0.15, -0.1) is 0 Å². The van der Waals surface area contributed by atoms with E-state index in [0.29, 0.717) is 12.1 Å². The Balaban J connectivity index is 1.67. The molecule has 1 aromatic heterocycles. The van der Waals surface area contributed by atoms with Crippen LogP contribution in [0.15, 0.2) is 60.7 Å². The van der Waals surface area contributed by atoms with Crippen LogP contribution in [-0.4, -0.2) is 25.0 Å². The van der Waals surface area contributed by atoms with Gasteiger partial charge in [0.1, 0.15) is 0 Å². The van der Waals surface area contributed by atoms with Crippen molar-refractivity contribution in [3.05, 3.63) is 71.9 Å². The fraction of sp³-hybridized carbons (Fsp3) is 0.158. The lowest BCUT2D eigenvalue weighted by Crippen LogP contribution is -2.23. The topological polar surface area (TPSA) is 45.2 Å². The zero-order valence-electron chi connectivity index (χ0n) is 13.3. The molecule has 3 aromatic rings. The SMILES string of the molecule is CN(C)c1ccc(C(=O)NCc2ccc3ccccc3n2)cc1. The van der Waals surface area contributed by atoms with Gasteiger partial charge < -0.3 is 10.2 Å². The number of anilines is 1. The van der Waals surface area contributed by atoms with Crippen LogP contribution in [0.4, 0.5) is 5.69 Å². The Morgan fingerprint density at radius 2 is 1.74 bits per heavy atom. The van der Waals surface area contributed by atoms with Crippen LogP contribution in [0, 0.1) is 0 Å². The highest BCUT2D eigenvalue weighted by Gasteiger charge is 2.06. The average Bonchev–Trinajstić information content (AvgIpc) is 2.59. The van der Waals surface area contributed by atoms with E-state index in [-0.39, 0.29) is 5.91 Å². The third-order valence-electron chi connectivity index (χ3n) is 3.73. The zero-order chi connectivity index (χ0) is 16.2. The Bertz CT molecular complexity index is 825. The van der Waals surface area contributed by atoms with E-state index in [1.54, 1.807) is 0 Å². The number of hydrogen-bond donors (Lipinski definition) is 1. The minimum absolute atomic E-state index is 0.0923. The van der Waals surface area contributed by atoms with Crippen LogP contribution < -0.4 is 10.2 Å². The van der Waals surface area contributed by atoms with Crippen molar-refractivity contribution >= 4 is 22.5 Å². The van der Waals surface area contributed by atoms with E-state index >= 15 is 0 Å². The number of fused-ring (bicyclic) bond motifs is 1. The monoisotopic (exact) mass is 305 g/mol. The number of carbonyl (C=O) groups is 1. The molecule has 0 radical (unpaired) electrons. The van der Waals surface area contributed by atoms with Crippen LogP contribution in [0.2, 0.25) is 0 Å². The summed E-state index contributed by atoms with van der Waals surface area (Å²) in [4.78, 5) is 18.8. The minimum atomic E-state index is -0.0923. The summed E-state index contributed by atoms with van der Waals surface area (Å²) in [7, 11) is 3.95. The van der Waals surface area contributed by atoms with Crippen LogP contribution in [-0.2, 0) is 6.54 Å². The molecule has 0 spiro atoms. The first kappa shape index (κ1) is 15.0. The summed E-state index contributed by atoms with van der Waals surface area (Å²) >= 11 is 0. The molecule has 0 aliphatic heterocycles. The molecule has 0 saturated heterocycles. The second kappa shape index (κ2) is 6.48. The Hall–Kier alpha value is -2.88. The number of carbonyl (C=O) groups excluding carboxylic acids is 1. The quantitative estimate of drug-likeness (QED) is 0.805. The first-order valence-corrected chi connectivity index (χ1v) is 7.54. The largest absolute Gasteiger partial charge is 0.378 e. The number of hydrogen-bond acceptors (Lipinski definition) is 3. The molecule has 4 heteroatoms. The van der Waals surface area contributed by atoms with E-state index in [1.165, 1.54) is 0 Å². The Kier molecular flexibility index (Phi) is 4.24. The summed E-state index contributed by atoms with van der Waals surface area (Å²) in [5.74, 6) is -0.0923. The van der Waals surface area contributed by atoms with Gasteiger partial charge in [-0.3, -0.25) is 9.78 Å². The van der Waals surface area contributed by atoms with Crippen LogP contribution in [0.1, 0.15) is 16.1 Å². The summed E-state index contributed by atoms with van der Waals surface area (Å²) in [6, 6.07) is 19.4. The molecule has 0 unspecified atom stereocenters. The first-order chi connectivity index (χ1) is 11.1.